The highest BCUT2D eigenvalue weighted by Gasteiger charge is 2.17. The first-order valence-corrected chi connectivity index (χ1v) is 7.42. The first-order valence-electron chi connectivity index (χ1n) is 6.98. The van der Waals surface area contributed by atoms with Gasteiger partial charge in [0.15, 0.2) is 0 Å². The van der Waals surface area contributed by atoms with Gasteiger partial charge in [0, 0.05) is 0 Å². The lowest BCUT2D eigenvalue weighted by molar-refractivity contribution is 0.911. The summed E-state index contributed by atoms with van der Waals surface area (Å²) in [7, 11) is 0. The second-order valence-corrected chi connectivity index (χ2v) is 6.04. The van der Waals surface area contributed by atoms with E-state index < -0.39 is 0 Å². The summed E-state index contributed by atoms with van der Waals surface area (Å²) in [6.45, 7) is 4.26. The highest BCUT2D eigenvalue weighted by atomic mass is 35.5. The maximum Gasteiger partial charge on any atom is 0.0838 e. The second-order valence-electron chi connectivity index (χ2n) is 5.60. The van der Waals surface area contributed by atoms with Crippen molar-refractivity contribution in [1.82, 2.24) is 0 Å². The molecule has 1 unspecified atom stereocenters. The molecule has 1 aliphatic carbocycles. The van der Waals surface area contributed by atoms with Gasteiger partial charge < -0.3 is 0 Å². The largest absolute Gasteiger partial charge is 0.113 e. The molecule has 0 N–H and O–H groups in total. The number of rotatable bonds is 2. The quantitative estimate of drug-likeness (QED) is 0.665. The molecule has 0 bridgehead atoms. The summed E-state index contributed by atoms with van der Waals surface area (Å²) in [6, 6.07) is 13.3. The molecule has 1 atom stereocenters. The van der Waals surface area contributed by atoms with Gasteiger partial charge in [-0.25, -0.2) is 0 Å². The zero-order valence-electron chi connectivity index (χ0n) is 11.5. The Balaban J connectivity index is 1.97. The molecular formula is C18H19Cl. The van der Waals surface area contributed by atoms with Gasteiger partial charge in [-0.3, -0.25) is 0 Å². The number of aryl methyl sites for hydroxylation is 4. The van der Waals surface area contributed by atoms with Crippen LogP contribution in [0.5, 0.6) is 0 Å². The van der Waals surface area contributed by atoms with Crippen LogP contribution in [0.1, 0.15) is 45.2 Å². The normalized spacial score (nSPS) is 15.3. The molecule has 0 aromatic heterocycles. The van der Waals surface area contributed by atoms with E-state index in [1.54, 1.807) is 0 Å². The molecule has 98 valence electrons. The molecule has 0 amide bonds. The highest BCUT2D eigenvalue weighted by molar-refractivity contribution is 6.22. The zero-order valence-corrected chi connectivity index (χ0v) is 12.3. The van der Waals surface area contributed by atoms with E-state index in [-0.39, 0.29) is 5.38 Å². The lowest BCUT2D eigenvalue weighted by Crippen LogP contribution is -1.98. The molecule has 0 aliphatic heterocycles. The number of halogens is 1. The Hall–Kier alpha value is -1.27. The minimum Gasteiger partial charge on any atom is -0.113 e. The maximum absolute atomic E-state index is 6.69. The van der Waals surface area contributed by atoms with Gasteiger partial charge >= 0.3 is 0 Å². The van der Waals surface area contributed by atoms with Crippen molar-refractivity contribution in [3.05, 3.63) is 69.8 Å². The fourth-order valence-corrected chi connectivity index (χ4v) is 3.42. The Kier molecular flexibility index (Phi) is 3.36. The van der Waals surface area contributed by atoms with Crippen molar-refractivity contribution in [1.29, 1.82) is 0 Å². The molecular weight excluding hydrogens is 252 g/mol. The number of benzene rings is 2. The Bertz CT molecular complexity index is 613. The number of hydrogen-bond acceptors (Lipinski definition) is 0. The third kappa shape index (κ3) is 2.42. The lowest BCUT2D eigenvalue weighted by atomic mass is 9.96. The molecule has 1 heteroatoms. The number of alkyl halides is 1. The second kappa shape index (κ2) is 5.02. The van der Waals surface area contributed by atoms with Gasteiger partial charge in [0.1, 0.15) is 0 Å². The minimum atomic E-state index is -0.0356. The first kappa shape index (κ1) is 12.7. The summed E-state index contributed by atoms with van der Waals surface area (Å²) in [6.07, 6.45) is 3.72. The van der Waals surface area contributed by atoms with E-state index in [2.05, 4.69) is 50.2 Å². The fraction of sp³-hybridized carbons (Fsp3) is 0.333. The summed E-state index contributed by atoms with van der Waals surface area (Å²) in [5.74, 6) is 0. The van der Waals surface area contributed by atoms with Gasteiger partial charge in [0.2, 0.25) is 0 Å². The topological polar surface area (TPSA) is 0 Å². The van der Waals surface area contributed by atoms with Crippen molar-refractivity contribution in [2.45, 2.75) is 38.5 Å². The monoisotopic (exact) mass is 270 g/mol. The lowest BCUT2D eigenvalue weighted by Gasteiger charge is -2.15. The highest BCUT2D eigenvalue weighted by Crippen LogP contribution is 2.34. The van der Waals surface area contributed by atoms with Crippen LogP contribution in [0.25, 0.3) is 0 Å². The Labute approximate surface area is 120 Å². The van der Waals surface area contributed by atoms with Crippen molar-refractivity contribution in [3.8, 4) is 0 Å². The van der Waals surface area contributed by atoms with Crippen LogP contribution >= 0.6 is 11.6 Å². The summed E-state index contributed by atoms with van der Waals surface area (Å²) >= 11 is 6.69. The predicted octanol–water partition coefficient (Wildman–Crippen LogP) is 5.12. The third-order valence-corrected chi connectivity index (χ3v) is 4.60. The molecule has 0 saturated heterocycles. The van der Waals surface area contributed by atoms with Crippen LogP contribution < -0.4 is 0 Å². The van der Waals surface area contributed by atoms with Crippen molar-refractivity contribution < 1.29 is 0 Å². The predicted molar refractivity (Wildman–Crippen MR) is 82.1 cm³/mol. The smallest absolute Gasteiger partial charge is 0.0838 e. The third-order valence-electron chi connectivity index (χ3n) is 4.11. The van der Waals surface area contributed by atoms with Crippen LogP contribution in [0.15, 0.2) is 36.4 Å². The van der Waals surface area contributed by atoms with Gasteiger partial charge in [0.05, 0.1) is 5.38 Å². The maximum atomic E-state index is 6.69. The van der Waals surface area contributed by atoms with Crippen molar-refractivity contribution in [2.24, 2.45) is 0 Å². The van der Waals surface area contributed by atoms with Gasteiger partial charge in [0.25, 0.3) is 0 Å². The van der Waals surface area contributed by atoms with Crippen molar-refractivity contribution in [2.75, 3.05) is 0 Å². The van der Waals surface area contributed by atoms with Gasteiger partial charge in [-0.05, 0) is 60.9 Å². The van der Waals surface area contributed by atoms with Crippen molar-refractivity contribution in [3.63, 3.8) is 0 Å². The summed E-state index contributed by atoms with van der Waals surface area (Å²) in [5.41, 5.74) is 8.03. The van der Waals surface area contributed by atoms with Gasteiger partial charge in [-0.2, -0.15) is 0 Å². The van der Waals surface area contributed by atoms with Crippen LogP contribution in [0.2, 0.25) is 0 Å². The van der Waals surface area contributed by atoms with Crippen LogP contribution in [-0.4, -0.2) is 0 Å². The van der Waals surface area contributed by atoms with E-state index in [0.29, 0.717) is 0 Å². The Morgan fingerprint density at radius 1 is 0.947 bits per heavy atom. The summed E-state index contributed by atoms with van der Waals surface area (Å²) in [4.78, 5) is 0. The van der Waals surface area contributed by atoms with E-state index >= 15 is 0 Å². The van der Waals surface area contributed by atoms with E-state index in [9.17, 15) is 0 Å². The molecule has 2 aromatic carbocycles. The average molecular weight is 271 g/mol. The molecule has 2 aromatic rings. The molecule has 0 spiro atoms. The van der Waals surface area contributed by atoms with E-state index in [4.69, 9.17) is 11.6 Å². The standard InChI is InChI=1S/C18H19Cl/c1-12-6-9-17(13(2)10-12)18(19)16-8-7-14-4-3-5-15(14)11-16/h6-11,18H,3-5H2,1-2H3. The Morgan fingerprint density at radius 3 is 2.53 bits per heavy atom. The molecule has 0 nitrogen and oxygen atoms in total. The van der Waals surface area contributed by atoms with Crippen LogP contribution in [-0.2, 0) is 12.8 Å². The minimum absolute atomic E-state index is 0.0356. The van der Waals surface area contributed by atoms with E-state index in [0.717, 1.165) is 0 Å². The SMILES string of the molecule is Cc1ccc(C(Cl)c2ccc3c(c2)CCC3)c(C)c1. The van der Waals surface area contributed by atoms with Crippen LogP contribution in [0.4, 0.5) is 0 Å². The summed E-state index contributed by atoms with van der Waals surface area (Å²) < 4.78 is 0. The fourth-order valence-electron chi connectivity index (χ4n) is 3.04. The molecule has 19 heavy (non-hydrogen) atoms. The number of fused-ring (bicyclic) bond motifs is 1. The molecule has 0 saturated carbocycles. The zero-order chi connectivity index (χ0) is 13.4. The average Bonchev–Trinajstić information content (AvgIpc) is 2.85. The molecule has 0 radical (unpaired) electrons. The molecule has 0 fully saturated rings. The van der Waals surface area contributed by atoms with Crippen LogP contribution in [0, 0.1) is 13.8 Å². The molecule has 1 aliphatic rings. The summed E-state index contributed by atoms with van der Waals surface area (Å²) in [5, 5.41) is -0.0356. The van der Waals surface area contributed by atoms with Crippen LogP contribution in [0.3, 0.4) is 0 Å². The van der Waals surface area contributed by atoms with Gasteiger partial charge in [-0.15, -0.1) is 11.6 Å². The molecule has 0 heterocycles. The van der Waals surface area contributed by atoms with Crippen molar-refractivity contribution >= 4 is 11.6 Å². The number of hydrogen-bond donors (Lipinski definition) is 0. The first-order chi connectivity index (χ1) is 9.15. The van der Waals surface area contributed by atoms with E-state index in [1.807, 2.05) is 0 Å². The Morgan fingerprint density at radius 2 is 1.74 bits per heavy atom. The molecule has 3 rings (SSSR count). The van der Waals surface area contributed by atoms with E-state index in [1.165, 1.54) is 52.6 Å². The van der Waals surface area contributed by atoms with Gasteiger partial charge in [-0.1, -0.05) is 42.0 Å².